The van der Waals surface area contributed by atoms with Crippen LogP contribution < -0.4 is 14.9 Å². The summed E-state index contributed by atoms with van der Waals surface area (Å²) in [5, 5.41) is 4.53. The molecule has 1 aromatic heterocycles. The lowest BCUT2D eigenvalue weighted by atomic mass is 10.00. The average molecular weight is 631 g/mol. The highest BCUT2D eigenvalue weighted by Gasteiger charge is 2.20. The van der Waals surface area contributed by atoms with E-state index in [2.05, 4.69) is 62.7 Å². The van der Waals surface area contributed by atoms with Gasteiger partial charge in [0.15, 0.2) is 5.78 Å². The van der Waals surface area contributed by atoms with E-state index in [9.17, 15) is 13.2 Å². The van der Waals surface area contributed by atoms with Crippen molar-refractivity contribution in [2.45, 2.75) is 19.8 Å². The highest BCUT2D eigenvalue weighted by molar-refractivity contribution is 7.95. The van der Waals surface area contributed by atoms with Crippen molar-refractivity contribution in [3.8, 4) is 0 Å². The van der Waals surface area contributed by atoms with E-state index in [1.165, 1.54) is 11.9 Å². The van der Waals surface area contributed by atoms with E-state index in [1.54, 1.807) is 30.3 Å². The maximum Gasteiger partial charge on any atom is 0.254 e. The maximum absolute atomic E-state index is 13.7. The number of benzene rings is 3. The zero-order chi connectivity index (χ0) is 31.3. The second kappa shape index (κ2) is 13.6. The average Bonchev–Trinajstić information content (AvgIpc) is 3.01. The predicted octanol–water partition coefficient (Wildman–Crippen LogP) is 5.84. The van der Waals surface area contributed by atoms with Crippen molar-refractivity contribution in [3.63, 3.8) is 0 Å². The number of anilines is 4. The Hall–Kier alpha value is -4.25. The third-order valence-electron chi connectivity index (χ3n) is 7.65. The number of aromatic nitrogens is 2. The predicted molar refractivity (Wildman–Crippen MR) is 178 cm³/mol. The van der Waals surface area contributed by atoms with Crippen molar-refractivity contribution >= 4 is 50.3 Å². The van der Waals surface area contributed by atoms with Crippen LogP contribution in [0.5, 0.6) is 0 Å². The number of nitrogens with zero attached hydrogens (tertiary/aromatic N) is 4. The first-order valence-corrected chi connectivity index (χ1v) is 16.2. The molecular weight excluding hydrogens is 596 g/mol. The zero-order valence-corrected chi connectivity index (χ0v) is 26.3. The Morgan fingerprint density at radius 3 is 2.39 bits per heavy atom. The van der Waals surface area contributed by atoms with Crippen molar-refractivity contribution in [2.75, 3.05) is 48.2 Å². The monoisotopic (exact) mass is 630 g/mol. The standard InChI is InChI=1S/C33H35ClN6O3S/c1-4-44(42,43)38-30-11-6-5-10-29(30)36-33-27(31(41)21-26-23(2)8-7-9-28(26)34)22-35-32(37-33)20-24-12-14-25(15-13-24)40-18-16-39(3)17-19-40/h4-15,22,38H,1,16-21H2,2-3H3,(H,35,36,37). The summed E-state index contributed by atoms with van der Waals surface area (Å²) >= 11 is 6.43. The molecule has 1 fully saturated rings. The molecule has 1 saturated heterocycles. The van der Waals surface area contributed by atoms with Gasteiger partial charge in [0, 0.05) is 61.3 Å². The van der Waals surface area contributed by atoms with Crippen LogP contribution in [0.1, 0.15) is 32.9 Å². The second-order valence-electron chi connectivity index (χ2n) is 10.8. The number of aryl methyl sites for hydroxylation is 1. The van der Waals surface area contributed by atoms with Crippen molar-refractivity contribution in [1.29, 1.82) is 0 Å². The van der Waals surface area contributed by atoms with Crippen molar-refractivity contribution in [1.82, 2.24) is 14.9 Å². The van der Waals surface area contributed by atoms with Crippen molar-refractivity contribution < 1.29 is 13.2 Å². The number of para-hydroxylation sites is 2. The Labute approximate surface area is 263 Å². The van der Waals surface area contributed by atoms with E-state index in [4.69, 9.17) is 16.6 Å². The van der Waals surface area contributed by atoms with Crippen molar-refractivity contribution in [3.05, 3.63) is 118 Å². The number of hydrogen-bond acceptors (Lipinski definition) is 8. The third kappa shape index (κ3) is 7.63. The zero-order valence-electron chi connectivity index (χ0n) is 24.8. The number of hydrogen-bond donors (Lipinski definition) is 2. The van der Waals surface area contributed by atoms with Crippen LogP contribution in [0, 0.1) is 6.92 Å². The van der Waals surface area contributed by atoms with Gasteiger partial charge in [-0.05, 0) is 61.0 Å². The van der Waals surface area contributed by atoms with E-state index in [1.807, 2.05) is 19.1 Å². The lowest BCUT2D eigenvalue weighted by Crippen LogP contribution is -2.44. The molecular formula is C33H35ClN6O3S. The molecule has 3 aromatic carbocycles. The van der Waals surface area contributed by atoms with Gasteiger partial charge in [-0.1, -0.05) is 54.6 Å². The number of piperazine rings is 1. The van der Waals surface area contributed by atoms with E-state index in [-0.39, 0.29) is 29.3 Å². The molecule has 9 nitrogen and oxygen atoms in total. The van der Waals surface area contributed by atoms with E-state index < -0.39 is 10.0 Å². The van der Waals surface area contributed by atoms with Crippen LogP contribution in [0.2, 0.25) is 5.02 Å². The molecule has 0 radical (unpaired) electrons. The lowest BCUT2D eigenvalue weighted by molar-refractivity contribution is 0.0993. The van der Waals surface area contributed by atoms with Crippen LogP contribution in [0.15, 0.2) is 84.9 Å². The van der Waals surface area contributed by atoms with Crippen LogP contribution >= 0.6 is 11.6 Å². The summed E-state index contributed by atoms with van der Waals surface area (Å²) in [4.78, 5) is 27.7. The molecule has 44 heavy (non-hydrogen) atoms. The number of rotatable bonds is 11. The molecule has 0 saturated carbocycles. The Bertz CT molecular complexity index is 1750. The molecule has 11 heteroatoms. The number of likely N-dealkylation sites (N-methyl/N-ethyl adjacent to an activating group) is 1. The van der Waals surface area contributed by atoms with Gasteiger partial charge in [0.1, 0.15) is 11.6 Å². The molecule has 228 valence electrons. The topological polar surface area (TPSA) is 108 Å². The highest BCUT2D eigenvalue weighted by atomic mass is 35.5. The van der Waals surface area contributed by atoms with E-state index >= 15 is 0 Å². The number of halogens is 1. The van der Waals surface area contributed by atoms with E-state index in [0.717, 1.165) is 48.3 Å². The number of ketones is 1. The van der Waals surface area contributed by atoms with Gasteiger partial charge in [-0.3, -0.25) is 9.52 Å². The van der Waals surface area contributed by atoms with Gasteiger partial charge < -0.3 is 15.1 Å². The van der Waals surface area contributed by atoms with Crippen LogP contribution in [0.4, 0.5) is 22.9 Å². The minimum atomic E-state index is -3.77. The van der Waals surface area contributed by atoms with Gasteiger partial charge in [0.25, 0.3) is 10.0 Å². The summed E-state index contributed by atoms with van der Waals surface area (Å²) in [6.45, 7) is 9.32. The molecule has 0 bridgehead atoms. The normalized spacial score (nSPS) is 13.8. The molecule has 5 rings (SSSR count). The lowest BCUT2D eigenvalue weighted by Gasteiger charge is -2.34. The Kier molecular flexibility index (Phi) is 9.63. The van der Waals surface area contributed by atoms with Gasteiger partial charge in [0.2, 0.25) is 0 Å². The van der Waals surface area contributed by atoms with Crippen LogP contribution in [0.25, 0.3) is 0 Å². The quantitative estimate of drug-likeness (QED) is 0.199. The second-order valence-corrected chi connectivity index (χ2v) is 12.8. The molecule has 4 aromatic rings. The smallest absolute Gasteiger partial charge is 0.254 e. The number of carbonyl (C=O) groups excluding carboxylic acids is 1. The third-order valence-corrected chi connectivity index (χ3v) is 8.95. The summed E-state index contributed by atoms with van der Waals surface area (Å²) in [6, 6.07) is 20.7. The number of carbonyl (C=O) groups is 1. The molecule has 1 aliphatic rings. The van der Waals surface area contributed by atoms with Crippen LogP contribution in [-0.4, -0.2) is 62.3 Å². The fraction of sp³-hybridized carbons (Fsp3) is 0.242. The van der Waals surface area contributed by atoms with Gasteiger partial charge in [-0.25, -0.2) is 18.4 Å². The summed E-state index contributed by atoms with van der Waals surface area (Å²) in [5.41, 5.74) is 4.81. The number of Topliss-reactive ketones (excluding diaryl/α,β-unsaturated/α-hetero) is 1. The molecule has 0 unspecified atom stereocenters. The minimum absolute atomic E-state index is 0.0569. The van der Waals surface area contributed by atoms with Gasteiger partial charge >= 0.3 is 0 Å². The summed E-state index contributed by atoms with van der Waals surface area (Å²) in [7, 11) is -1.64. The van der Waals surface area contributed by atoms with Gasteiger partial charge in [-0.2, -0.15) is 0 Å². The highest BCUT2D eigenvalue weighted by Crippen LogP contribution is 2.29. The minimum Gasteiger partial charge on any atom is -0.369 e. The summed E-state index contributed by atoms with van der Waals surface area (Å²) in [5.74, 6) is 0.550. The molecule has 0 amide bonds. The first-order valence-electron chi connectivity index (χ1n) is 14.3. The largest absolute Gasteiger partial charge is 0.369 e. The number of sulfonamides is 1. The Morgan fingerprint density at radius 2 is 1.70 bits per heavy atom. The summed E-state index contributed by atoms with van der Waals surface area (Å²) < 4.78 is 27.0. The molecule has 0 aliphatic carbocycles. The maximum atomic E-state index is 13.7. The SMILES string of the molecule is C=CS(=O)(=O)Nc1ccccc1Nc1nc(Cc2ccc(N3CCN(C)CC3)cc2)ncc1C(=O)Cc1c(C)cccc1Cl. The number of nitrogens with one attached hydrogen (secondary N) is 2. The van der Waals surface area contributed by atoms with E-state index in [0.29, 0.717) is 23.0 Å². The Balaban J connectivity index is 1.45. The molecule has 2 N–H and O–H groups in total. The van der Waals surface area contributed by atoms with Crippen LogP contribution in [0.3, 0.4) is 0 Å². The fourth-order valence-electron chi connectivity index (χ4n) is 5.02. The molecule has 1 aliphatic heterocycles. The molecule has 0 atom stereocenters. The summed E-state index contributed by atoms with van der Waals surface area (Å²) in [6.07, 6.45) is 2.02. The fourth-order valence-corrected chi connectivity index (χ4v) is 5.88. The molecule has 2 heterocycles. The first kappa shape index (κ1) is 31.2. The van der Waals surface area contributed by atoms with Crippen LogP contribution in [-0.2, 0) is 22.9 Å². The first-order chi connectivity index (χ1) is 21.1. The van der Waals surface area contributed by atoms with Crippen molar-refractivity contribution in [2.24, 2.45) is 0 Å². The molecule has 0 spiro atoms. The van der Waals surface area contributed by atoms with Gasteiger partial charge in [0.05, 0.1) is 16.9 Å². The van der Waals surface area contributed by atoms with Gasteiger partial charge in [-0.15, -0.1) is 0 Å². The Morgan fingerprint density at radius 1 is 1.00 bits per heavy atom.